The summed E-state index contributed by atoms with van der Waals surface area (Å²) in [5.41, 5.74) is 6.61. The van der Waals surface area contributed by atoms with Crippen molar-refractivity contribution in [3.63, 3.8) is 0 Å². The molecule has 0 amide bonds. The number of benzene rings is 1. The number of nitrogens with zero attached hydrogens (tertiary/aromatic N) is 5. The van der Waals surface area contributed by atoms with E-state index >= 15 is 0 Å². The lowest BCUT2D eigenvalue weighted by Crippen LogP contribution is -2.49. The lowest BCUT2D eigenvalue weighted by atomic mass is 9.94. The molecule has 0 unspecified atom stereocenters. The molecule has 5 heterocycles. The zero-order valence-electron chi connectivity index (χ0n) is 16.8. The number of hydrogen-bond donors (Lipinski definition) is 1. The lowest BCUT2D eigenvalue weighted by Gasteiger charge is -2.42. The van der Waals surface area contributed by atoms with Gasteiger partial charge in [-0.1, -0.05) is 18.2 Å². The average molecular weight is 389 g/mol. The summed E-state index contributed by atoms with van der Waals surface area (Å²) >= 11 is 0. The lowest BCUT2D eigenvalue weighted by molar-refractivity contribution is 0.380. The number of nitrogens with one attached hydrogen (secondary N) is 1. The van der Waals surface area contributed by atoms with Crippen molar-refractivity contribution in [2.45, 2.75) is 25.7 Å². The quantitative estimate of drug-likeness (QED) is 0.743. The van der Waals surface area contributed by atoms with Crippen molar-refractivity contribution in [1.82, 2.24) is 19.9 Å². The van der Waals surface area contributed by atoms with E-state index in [9.17, 15) is 0 Å². The zero-order valence-corrected chi connectivity index (χ0v) is 16.8. The van der Waals surface area contributed by atoms with Crippen LogP contribution in [0.3, 0.4) is 0 Å². The van der Waals surface area contributed by atoms with Crippen LogP contribution in [0.4, 0.5) is 11.5 Å². The summed E-state index contributed by atoms with van der Waals surface area (Å²) in [7, 11) is 0. The van der Waals surface area contributed by atoms with Gasteiger partial charge in [-0.25, -0.2) is 4.98 Å². The van der Waals surface area contributed by atoms with Crippen molar-refractivity contribution in [2.75, 3.05) is 49.1 Å². The number of aromatic nitrogens is 3. The second kappa shape index (κ2) is 7.02. The van der Waals surface area contributed by atoms with E-state index < -0.39 is 0 Å². The van der Waals surface area contributed by atoms with Gasteiger partial charge in [0.25, 0.3) is 0 Å². The molecule has 3 aliphatic heterocycles. The van der Waals surface area contributed by atoms with Gasteiger partial charge < -0.3 is 15.1 Å². The molecule has 6 heteroatoms. The van der Waals surface area contributed by atoms with Gasteiger partial charge in [0.2, 0.25) is 0 Å². The van der Waals surface area contributed by atoms with E-state index in [-0.39, 0.29) is 0 Å². The highest BCUT2D eigenvalue weighted by atomic mass is 15.4. The molecule has 0 radical (unpaired) electrons. The Morgan fingerprint density at radius 3 is 2.90 bits per heavy atom. The molecule has 6 nitrogen and oxygen atoms in total. The van der Waals surface area contributed by atoms with Crippen LogP contribution in [0.2, 0.25) is 0 Å². The predicted octanol–water partition coefficient (Wildman–Crippen LogP) is 2.31. The summed E-state index contributed by atoms with van der Waals surface area (Å²) in [5.74, 6) is 2.06. The van der Waals surface area contributed by atoms with Crippen molar-refractivity contribution < 1.29 is 0 Å². The largest absolute Gasteiger partial charge is 0.371 e. The smallest absolute Gasteiger partial charge is 0.157 e. The molecule has 3 aromatic rings. The minimum Gasteiger partial charge on any atom is -0.371 e. The first-order valence-corrected chi connectivity index (χ1v) is 11.0. The minimum atomic E-state index is 0.765. The van der Waals surface area contributed by atoms with Crippen LogP contribution in [-0.4, -0.2) is 53.9 Å². The Labute approximate surface area is 171 Å². The van der Waals surface area contributed by atoms with Crippen LogP contribution in [0.25, 0.3) is 5.65 Å². The Kier molecular flexibility index (Phi) is 4.18. The highest BCUT2D eigenvalue weighted by molar-refractivity contribution is 5.59. The molecule has 0 saturated carbocycles. The van der Waals surface area contributed by atoms with Crippen molar-refractivity contribution in [3.05, 3.63) is 53.3 Å². The molecule has 29 heavy (non-hydrogen) atoms. The maximum Gasteiger partial charge on any atom is 0.157 e. The van der Waals surface area contributed by atoms with E-state index in [0.717, 1.165) is 50.6 Å². The highest BCUT2D eigenvalue weighted by Crippen LogP contribution is 2.33. The first-order valence-electron chi connectivity index (χ1n) is 11.0. The SMILES string of the molecule is c1ccc2c(c1)CCN2CCC1CN(c2c3c(nc4ccnn24)CCNCC3)C1. The van der Waals surface area contributed by atoms with E-state index in [1.54, 1.807) is 0 Å². The van der Waals surface area contributed by atoms with Crippen molar-refractivity contribution in [2.24, 2.45) is 5.92 Å². The molecular formula is C23H28N6. The Bertz CT molecular complexity index is 1040. The van der Waals surface area contributed by atoms with Crippen LogP contribution in [0, 0.1) is 5.92 Å². The number of rotatable bonds is 4. The van der Waals surface area contributed by atoms with Gasteiger partial charge in [-0.2, -0.15) is 9.61 Å². The van der Waals surface area contributed by atoms with E-state index in [4.69, 9.17) is 4.98 Å². The molecule has 1 saturated heterocycles. The number of fused-ring (bicyclic) bond motifs is 3. The van der Waals surface area contributed by atoms with E-state index in [1.807, 2.05) is 12.3 Å². The maximum absolute atomic E-state index is 4.89. The van der Waals surface area contributed by atoms with Crippen LogP contribution in [0.1, 0.15) is 23.2 Å². The Morgan fingerprint density at radius 1 is 1.03 bits per heavy atom. The van der Waals surface area contributed by atoms with Gasteiger partial charge in [0.15, 0.2) is 5.65 Å². The summed E-state index contributed by atoms with van der Waals surface area (Å²) in [5, 5.41) is 8.12. The fraction of sp³-hybridized carbons (Fsp3) is 0.478. The molecule has 150 valence electrons. The molecule has 1 N–H and O–H groups in total. The molecule has 3 aliphatic rings. The van der Waals surface area contributed by atoms with Crippen LogP contribution in [0.5, 0.6) is 0 Å². The first-order chi connectivity index (χ1) is 14.4. The summed E-state index contributed by atoms with van der Waals surface area (Å²) in [6.07, 6.45) is 6.39. The van der Waals surface area contributed by atoms with Gasteiger partial charge in [0.1, 0.15) is 5.82 Å². The van der Waals surface area contributed by atoms with E-state index in [2.05, 4.69) is 49.0 Å². The van der Waals surface area contributed by atoms with Crippen LogP contribution in [0.15, 0.2) is 36.5 Å². The third-order valence-electron chi connectivity index (χ3n) is 6.83. The number of para-hydroxylation sites is 1. The molecule has 1 aromatic carbocycles. The molecule has 0 aliphatic carbocycles. The van der Waals surface area contributed by atoms with Gasteiger partial charge in [-0.3, -0.25) is 0 Å². The van der Waals surface area contributed by atoms with Crippen LogP contribution in [-0.2, 0) is 19.3 Å². The second-order valence-corrected chi connectivity index (χ2v) is 8.64. The van der Waals surface area contributed by atoms with Crippen molar-refractivity contribution in [1.29, 1.82) is 0 Å². The summed E-state index contributed by atoms with van der Waals surface area (Å²) in [4.78, 5) is 10.0. The molecule has 0 spiro atoms. The van der Waals surface area contributed by atoms with Gasteiger partial charge in [-0.15, -0.1) is 0 Å². The second-order valence-electron chi connectivity index (χ2n) is 8.64. The number of anilines is 2. The fourth-order valence-electron chi connectivity index (χ4n) is 5.24. The van der Waals surface area contributed by atoms with Gasteiger partial charge in [0.05, 0.1) is 11.9 Å². The van der Waals surface area contributed by atoms with Gasteiger partial charge in [-0.05, 0) is 43.4 Å². The monoisotopic (exact) mass is 388 g/mol. The Hall–Kier alpha value is -2.60. The molecule has 2 aromatic heterocycles. The van der Waals surface area contributed by atoms with Crippen molar-refractivity contribution in [3.8, 4) is 0 Å². The minimum absolute atomic E-state index is 0.765. The Balaban J connectivity index is 1.17. The average Bonchev–Trinajstić information content (AvgIpc) is 3.27. The van der Waals surface area contributed by atoms with Gasteiger partial charge in [0, 0.05) is 56.5 Å². The topological polar surface area (TPSA) is 48.7 Å². The maximum atomic E-state index is 4.89. The third-order valence-corrected chi connectivity index (χ3v) is 6.83. The normalized spacial score (nSPS) is 19.2. The van der Waals surface area contributed by atoms with Gasteiger partial charge >= 0.3 is 0 Å². The standard InChI is InChI=1S/C23H28N6/c1-2-4-21-18(3-1)9-14-27(21)13-8-17-15-28(16-17)23-19-5-10-24-11-6-20(19)26-22-7-12-25-29(22)23/h1-4,7,12,17,24H,5-6,8-11,13-16H2. The summed E-state index contributed by atoms with van der Waals surface area (Å²) in [6.45, 7) is 6.66. The molecule has 6 rings (SSSR count). The molecule has 1 fully saturated rings. The third kappa shape index (κ3) is 2.97. The van der Waals surface area contributed by atoms with Crippen LogP contribution < -0.4 is 15.1 Å². The summed E-state index contributed by atoms with van der Waals surface area (Å²) < 4.78 is 2.07. The first kappa shape index (κ1) is 17.3. The Morgan fingerprint density at radius 2 is 1.93 bits per heavy atom. The zero-order chi connectivity index (χ0) is 19.2. The van der Waals surface area contributed by atoms with E-state index in [1.165, 1.54) is 54.3 Å². The molecular weight excluding hydrogens is 360 g/mol. The fourth-order valence-corrected chi connectivity index (χ4v) is 5.24. The number of hydrogen-bond acceptors (Lipinski definition) is 5. The molecule has 0 bridgehead atoms. The summed E-state index contributed by atoms with van der Waals surface area (Å²) in [6, 6.07) is 10.9. The highest BCUT2D eigenvalue weighted by Gasteiger charge is 2.32. The predicted molar refractivity (Wildman–Crippen MR) is 116 cm³/mol. The van der Waals surface area contributed by atoms with E-state index in [0.29, 0.717) is 0 Å². The molecule has 0 atom stereocenters. The van der Waals surface area contributed by atoms with Crippen molar-refractivity contribution >= 4 is 17.2 Å². The van der Waals surface area contributed by atoms with Crippen LogP contribution >= 0.6 is 0 Å².